The second-order valence-electron chi connectivity index (χ2n) is 5.14. The summed E-state index contributed by atoms with van der Waals surface area (Å²) < 4.78 is 5.79. The quantitative estimate of drug-likeness (QED) is 0.887. The first-order valence-electron chi connectivity index (χ1n) is 7.38. The summed E-state index contributed by atoms with van der Waals surface area (Å²) >= 11 is 3.46. The van der Waals surface area contributed by atoms with Gasteiger partial charge in [-0.1, -0.05) is 13.0 Å². The molecule has 4 nitrogen and oxygen atoms in total. The van der Waals surface area contributed by atoms with Gasteiger partial charge in [0.25, 0.3) is 0 Å². The van der Waals surface area contributed by atoms with Crippen LogP contribution in [0.15, 0.2) is 22.9 Å². The van der Waals surface area contributed by atoms with Crippen LogP contribution in [0.4, 0.5) is 0 Å². The van der Waals surface area contributed by atoms with Crippen molar-refractivity contribution in [1.29, 1.82) is 0 Å². The molecule has 0 saturated carbocycles. The average molecular weight is 323 g/mol. The number of hydrogen-bond acceptors (Lipinski definition) is 6. The molecular weight excluding hydrogens is 302 g/mol. The molecule has 1 aliphatic rings. The molecule has 0 aliphatic carbocycles. The van der Waals surface area contributed by atoms with E-state index in [4.69, 9.17) is 4.74 Å². The van der Waals surface area contributed by atoms with Crippen LogP contribution in [0.5, 0.6) is 0 Å². The number of nitrogens with zero attached hydrogens (tertiary/aromatic N) is 2. The maximum Gasteiger partial charge on any atom is 0.133 e. The lowest BCUT2D eigenvalue weighted by molar-refractivity contribution is -0.0254. The van der Waals surface area contributed by atoms with Crippen molar-refractivity contribution in [2.75, 3.05) is 32.8 Å². The van der Waals surface area contributed by atoms with Crippen LogP contribution >= 0.6 is 22.7 Å². The topological polar surface area (TPSA) is 37.4 Å². The third kappa shape index (κ3) is 4.11. The molecule has 1 fully saturated rings. The highest BCUT2D eigenvalue weighted by molar-refractivity contribution is 7.20. The highest BCUT2D eigenvalue weighted by atomic mass is 32.1. The molecule has 0 aromatic carbocycles. The summed E-state index contributed by atoms with van der Waals surface area (Å²) in [6.07, 6.45) is 0.300. The van der Waals surface area contributed by atoms with Crippen LogP contribution < -0.4 is 5.32 Å². The van der Waals surface area contributed by atoms with E-state index in [2.05, 4.69) is 45.0 Å². The average Bonchev–Trinajstić information content (AvgIpc) is 3.18. The van der Waals surface area contributed by atoms with Crippen LogP contribution in [-0.2, 0) is 11.3 Å². The Kier molecular flexibility index (Phi) is 5.38. The van der Waals surface area contributed by atoms with Gasteiger partial charge in [0.1, 0.15) is 5.01 Å². The zero-order valence-corrected chi connectivity index (χ0v) is 13.9. The Balaban J connectivity index is 1.45. The van der Waals surface area contributed by atoms with Gasteiger partial charge in [-0.05, 0) is 18.0 Å². The molecule has 3 rings (SSSR count). The summed E-state index contributed by atoms with van der Waals surface area (Å²) in [7, 11) is 0. The SMILES string of the molecule is CCN1CCOC(CNCc2csc(-c3cccs3)n2)C1. The number of thiophene rings is 1. The zero-order chi connectivity index (χ0) is 14.5. The number of likely N-dealkylation sites (N-methyl/N-ethyl adjacent to an activating group) is 1. The van der Waals surface area contributed by atoms with Crippen LogP contribution in [0.25, 0.3) is 9.88 Å². The van der Waals surface area contributed by atoms with Crippen molar-refractivity contribution >= 4 is 22.7 Å². The van der Waals surface area contributed by atoms with Crippen LogP contribution in [0.3, 0.4) is 0 Å². The predicted octanol–water partition coefficient (Wildman–Crippen LogP) is 2.68. The maximum atomic E-state index is 5.79. The third-order valence-corrected chi connectivity index (χ3v) is 5.56. The Morgan fingerprint density at radius 1 is 1.48 bits per heavy atom. The molecule has 1 N–H and O–H groups in total. The van der Waals surface area contributed by atoms with Gasteiger partial charge in [0.15, 0.2) is 0 Å². The van der Waals surface area contributed by atoms with Crippen molar-refractivity contribution in [1.82, 2.24) is 15.2 Å². The first kappa shape index (κ1) is 15.1. The van der Waals surface area contributed by atoms with Crippen molar-refractivity contribution in [3.63, 3.8) is 0 Å². The van der Waals surface area contributed by atoms with Gasteiger partial charge < -0.3 is 10.1 Å². The Morgan fingerprint density at radius 3 is 3.24 bits per heavy atom. The number of hydrogen-bond donors (Lipinski definition) is 1. The summed E-state index contributed by atoms with van der Waals surface area (Å²) in [5.74, 6) is 0. The van der Waals surface area contributed by atoms with Crippen molar-refractivity contribution in [2.45, 2.75) is 19.6 Å². The predicted molar refractivity (Wildman–Crippen MR) is 89.0 cm³/mol. The fraction of sp³-hybridized carbons (Fsp3) is 0.533. The monoisotopic (exact) mass is 323 g/mol. The second-order valence-corrected chi connectivity index (χ2v) is 6.94. The van der Waals surface area contributed by atoms with Crippen molar-refractivity contribution in [3.8, 4) is 9.88 Å². The lowest BCUT2D eigenvalue weighted by Gasteiger charge is -2.32. The van der Waals surface area contributed by atoms with E-state index in [1.807, 2.05) is 0 Å². The van der Waals surface area contributed by atoms with E-state index in [1.54, 1.807) is 22.7 Å². The fourth-order valence-electron chi connectivity index (χ4n) is 2.45. The van der Waals surface area contributed by atoms with Gasteiger partial charge in [-0.2, -0.15) is 0 Å². The molecule has 0 amide bonds. The van der Waals surface area contributed by atoms with Gasteiger partial charge in [-0.25, -0.2) is 4.98 Å². The molecule has 1 saturated heterocycles. The molecule has 2 aromatic rings. The Morgan fingerprint density at radius 2 is 2.43 bits per heavy atom. The van der Waals surface area contributed by atoms with E-state index in [0.717, 1.165) is 50.0 Å². The number of thiazole rings is 1. The molecular formula is C15H21N3OS2. The minimum atomic E-state index is 0.300. The van der Waals surface area contributed by atoms with Crippen molar-refractivity contribution in [3.05, 3.63) is 28.6 Å². The standard InChI is InChI=1S/C15H21N3OS2/c1-2-18-5-6-19-13(10-18)9-16-8-12-11-21-15(17-12)14-4-3-7-20-14/h3-4,7,11,13,16H,2,5-6,8-10H2,1H3. The molecule has 1 aliphatic heterocycles. The Bertz CT molecular complexity index is 541. The number of ether oxygens (including phenoxy) is 1. The van der Waals surface area contributed by atoms with Gasteiger partial charge in [0.05, 0.1) is 23.3 Å². The van der Waals surface area contributed by atoms with Crippen LogP contribution in [0.1, 0.15) is 12.6 Å². The first-order chi connectivity index (χ1) is 10.3. The molecule has 114 valence electrons. The Hall–Kier alpha value is -0.790. The normalized spacial score (nSPS) is 20.0. The third-order valence-electron chi connectivity index (χ3n) is 3.63. The van der Waals surface area contributed by atoms with Gasteiger partial charge in [-0.15, -0.1) is 22.7 Å². The van der Waals surface area contributed by atoms with E-state index in [-0.39, 0.29) is 0 Å². The summed E-state index contributed by atoms with van der Waals surface area (Å²) in [4.78, 5) is 8.37. The highest BCUT2D eigenvalue weighted by Crippen LogP contribution is 2.27. The number of morpholine rings is 1. The summed E-state index contributed by atoms with van der Waals surface area (Å²) in [5.41, 5.74) is 1.12. The minimum absolute atomic E-state index is 0.300. The van der Waals surface area contributed by atoms with Gasteiger partial charge in [-0.3, -0.25) is 4.90 Å². The van der Waals surface area contributed by atoms with Gasteiger partial charge in [0.2, 0.25) is 0 Å². The van der Waals surface area contributed by atoms with Crippen LogP contribution in [0, 0.1) is 0 Å². The number of aromatic nitrogens is 1. The number of nitrogens with one attached hydrogen (secondary N) is 1. The number of rotatable bonds is 6. The first-order valence-corrected chi connectivity index (χ1v) is 9.14. The van der Waals surface area contributed by atoms with E-state index < -0.39 is 0 Å². The molecule has 1 unspecified atom stereocenters. The largest absolute Gasteiger partial charge is 0.374 e. The molecule has 21 heavy (non-hydrogen) atoms. The second kappa shape index (κ2) is 7.47. The molecule has 0 radical (unpaired) electrons. The molecule has 1 atom stereocenters. The fourth-order valence-corrected chi connectivity index (χ4v) is 4.09. The van der Waals surface area contributed by atoms with Crippen LogP contribution in [0.2, 0.25) is 0 Å². The highest BCUT2D eigenvalue weighted by Gasteiger charge is 2.18. The Labute approximate surface area is 133 Å². The maximum absolute atomic E-state index is 5.79. The molecule has 6 heteroatoms. The lowest BCUT2D eigenvalue weighted by atomic mass is 10.2. The molecule has 2 aromatic heterocycles. The van der Waals surface area contributed by atoms with Crippen molar-refractivity contribution in [2.24, 2.45) is 0 Å². The molecule has 0 bridgehead atoms. The summed E-state index contributed by atoms with van der Waals surface area (Å²) in [5, 5.41) is 8.82. The van der Waals surface area contributed by atoms with Crippen LogP contribution in [-0.4, -0.2) is 48.8 Å². The zero-order valence-electron chi connectivity index (χ0n) is 12.2. The van der Waals surface area contributed by atoms with E-state index in [0.29, 0.717) is 6.10 Å². The van der Waals surface area contributed by atoms with E-state index in [1.165, 1.54) is 4.88 Å². The smallest absolute Gasteiger partial charge is 0.133 e. The van der Waals surface area contributed by atoms with Crippen molar-refractivity contribution < 1.29 is 4.74 Å². The summed E-state index contributed by atoms with van der Waals surface area (Å²) in [6, 6.07) is 4.19. The minimum Gasteiger partial charge on any atom is -0.374 e. The van der Waals surface area contributed by atoms with E-state index >= 15 is 0 Å². The lowest BCUT2D eigenvalue weighted by Crippen LogP contribution is -2.46. The summed E-state index contributed by atoms with van der Waals surface area (Å²) in [6.45, 7) is 7.95. The molecule has 0 spiro atoms. The van der Waals surface area contributed by atoms with Gasteiger partial charge in [0, 0.05) is 31.6 Å². The van der Waals surface area contributed by atoms with E-state index in [9.17, 15) is 0 Å². The molecule has 3 heterocycles. The van der Waals surface area contributed by atoms with Gasteiger partial charge >= 0.3 is 0 Å².